The van der Waals surface area contributed by atoms with Gasteiger partial charge in [-0.2, -0.15) is 0 Å². The number of ether oxygens (including phenoxy) is 1. The van der Waals surface area contributed by atoms with Crippen LogP contribution >= 0.6 is 0 Å². The maximum absolute atomic E-state index is 12.6. The average Bonchev–Trinajstić information content (AvgIpc) is 2.61. The fourth-order valence-electron chi connectivity index (χ4n) is 3.03. The molecule has 0 radical (unpaired) electrons. The maximum atomic E-state index is 12.6. The number of para-hydroxylation sites is 1. The van der Waals surface area contributed by atoms with Gasteiger partial charge < -0.3 is 15.0 Å². The Morgan fingerprint density at radius 2 is 1.77 bits per heavy atom. The van der Waals surface area contributed by atoms with Gasteiger partial charge in [0.05, 0.1) is 17.9 Å². The lowest BCUT2D eigenvalue weighted by molar-refractivity contribution is -0.142. The van der Waals surface area contributed by atoms with Gasteiger partial charge >= 0.3 is 5.97 Å². The first kappa shape index (κ1) is 19.9. The summed E-state index contributed by atoms with van der Waals surface area (Å²) in [6.07, 6.45) is 1.24. The van der Waals surface area contributed by atoms with Gasteiger partial charge in [0.1, 0.15) is 0 Å². The van der Waals surface area contributed by atoms with Gasteiger partial charge in [0.25, 0.3) is 0 Å². The van der Waals surface area contributed by atoms with Crippen molar-refractivity contribution in [3.63, 3.8) is 0 Å². The Morgan fingerprint density at radius 1 is 1.15 bits per heavy atom. The van der Waals surface area contributed by atoms with Crippen LogP contribution in [-0.4, -0.2) is 42.4 Å². The number of anilines is 1. The SMILES string of the molecule is CCOC(=O)c1ccccc1NC(=O)C1CCN(C(=O)C(C)(C)C)CC1. The van der Waals surface area contributed by atoms with E-state index in [1.807, 2.05) is 25.7 Å². The first-order valence-electron chi connectivity index (χ1n) is 9.10. The molecule has 6 nitrogen and oxygen atoms in total. The highest BCUT2D eigenvalue weighted by Crippen LogP contribution is 2.25. The average molecular weight is 360 g/mol. The normalized spacial score (nSPS) is 15.5. The summed E-state index contributed by atoms with van der Waals surface area (Å²) in [7, 11) is 0. The summed E-state index contributed by atoms with van der Waals surface area (Å²) in [6, 6.07) is 6.84. The molecule has 0 unspecified atom stereocenters. The Hall–Kier alpha value is -2.37. The number of carbonyl (C=O) groups excluding carboxylic acids is 3. The van der Waals surface area contributed by atoms with Gasteiger partial charge in [-0.05, 0) is 31.9 Å². The van der Waals surface area contributed by atoms with Crippen LogP contribution in [0.15, 0.2) is 24.3 Å². The van der Waals surface area contributed by atoms with E-state index in [1.165, 1.54) is 0 Å². The van der Waals surface area contributed by atoms with Gasteiger partial charge in [0, 0.05) is 24.4 Å². The number of piperidine rings is 1. The zero-order valence-electron chi connectivity index (χ0n) is 16.0. The highest BCUT2D eigenvalue weighted by Gasteiger charge is 2.32. The van der Waals surface area contributed by atoms with Crippen molar-refractivity contribution in [2.75, 3.05) is 25.0 Å². The second-order valence-electron chi connectivity index (χ2n) is 7.57. The maximum Gasteiger partial charge on any atom is 0.340 e. The lowest BCUT2D eigenvalue weighted by Crippen LogP contribution is -2.45. The number of carbonyl (C=O) groups is 3. The van der Waals surface area contributed by atoms with E-state index in [0.717, 1.165) is 0 Å². The molecular weight excluding hydrogens is 332 g/mol. The van der Waals surface area contributed by atoms with Crippen molar-refractivity contribution >= 4 is 23.5 Å². The largest absolute Gasteiger partial charge is 0.462 e. The predicted octanol–water partition coefficient (Wildman–Crippen LogP) is 3.09. The van der Waals surface area contributed by atoms with Crippen LogP contribution in [0.25, 0.3) is 0 Å². The third-order valence-corrected chi connectivity index (χ3v) is 4.47. The fraction of sp³-hybridized carbons (Fsp3) is 0.550. The van der Waals surface area contributed by atoms with Crippen LogP contribution in [0.2, 0.25) is 0 Å². The lowest BCUT2D eigenvalue weighted by atomic mass is 9.90. The van der Waals surface area contributed by atoms with E-state index in [2.05, 4.69) is 5.32 Å². The minimum atomic E-state index is -0.450. The molecule has 1 saturated heterocycles. The fourth-order valence-corrected chi connectivity index (χ4v) is 3.03. The topological polar surface area (TPSA) is 75.7 Å². The molecule has 1 fully saturated rings. The molecule has 1 aliphatic heterocycles. The Labute approximate surface area is 154 Å². The highest BCUT2D eigenvalue weighted by molar-refractivity contribution is 6.01. The molecule has 1 aliphatic rings. The van der Waals surface area contributed by atoms with Crippen LogP contribution in [0.4, 0.5) is 5.69 Å². The summed E-state index contributed by atoms with van der Waals surface area (Å²) < 4.78 is 5.03. The number of nitrogens with one attached hydrogen (secondary N) is 1. The highest BCUT2D eigenvalue weighted by atomic mass is 16.5. The van der Waals surface area contributed by atoms with Crippen LogP contribution in [-0.2, 0) is 14.3 Å². The van der Waals surface area contributed by atoms with E-state index in [4.69, 9.17) is 4.74 Å². The smallest absolute Gasteiger partial charge is 0.340 e. The van der Waals surface area contributed by atoms with Crippen molar-refractivity contribution < 1.29 is 19.1 Å². The molecule has 0 bridgehead atoms. The first-order chi connectivity index (χ1) is 12.2. The molecule has 0 atom stereocenters. The lowest BCUT2D eigenvalue weighted by Gasteiger charge is -2.35. The molecule has 0 saturated carbocycles. The molecule has 26 heavy (non-hydrogen) atoms. The summed E-state index contributed by atoms with van der Waals surface area (Å²) in [5.41, 5.74) is 0.403. The van der Waals surface area contributed by atoms with E-state index in [9.17, 15) is 14.4 Å². The van der Waals surface area contributed by atoms with Crippen molar-refractivity contribution in [2.24, 2.45) is 11.3 Å². The van der Waals surface area contributed by atoms with Crippen LogP contribution in [0, 0.1) is 11.3 Å². The van der Waals surface area contributed by atoms with Gasteiger partial charge in [0.2, 0.25) is 11.8 Å². The van der Waals surface area contributed by atoms with Crippen molar-refractivity contribution in [3.05, 3.63) is 29.8 Å². The zero-order valence-corrected chi connectivity index (χ0v) is 16.0. The van der Waals surface area contributed by atoms with Crippen molar-refractivity contribution in [1.29, 1.82) is 0 Å². The van der Waals surface area contributed by atoms with Crippen LogP contribution in [0.3, 0.4) is 0 Å². The molecule has 0 aromatic heterocycles. The number of rotatable bonds is 4. The van der Waals surface area contributed by atoms with Gasteiger partial charge in [-0.25, -0.2) is 4.79 Å². The Morgan fingerprint density at radius 3 is 2.35 bits per heavy atom. The number of likely N-dealkylation sites (tertiary alicyclic amines) is 1. The standard InChI is InChI=1S/C20H28N2O4/c1-5-26-18(24)15-8-6-7-9-16(15)21-17(23)14-10-12-22(13-11-14)19(25)20(2,3)4/h6-9,14H,5,10-13H2,1-4H3,(H,21,23). The summed E-state index contributed by atoms with van der Waals surface area (Å²) in [4.78, 5) is 38.8. The molecule has 0 spiro atoms. The molecule has 6 heteroatoms. The molecule has 1 aromatic rings. The molecule has 0 aliphatic carbocycles. The summed E-state index contributed by atoms with van der Waals surface area (Å²) in [6.45, 7) is 8.88. The Bertz CT molecular complexity index is 671. The van der Waals surface area contributed by atoms with Crippen LogP contribution < -0.4 is 5.32 Å². The minimum absolute atomic E-state index is 0.115. The zero-order chi connectivity index (χ0) is 19.3. The van der Waals surface area contributed by atoms with E-state index < -0.39 is 11.4 Å². The van der Waals surface area contributed by atoms with E-state index >= 15 is 0 Å². The van der Waals surface area contributed by atoms with E-state index in [0.29, 0.717) is 37.2 Å². The van der Waals surface area contributed by atoms with Gasteiger partial charge in [-0.15, -0.1) is 0 Å². The quantitative estimate of drug-likeness (QED) is 0.837. The molecule has 1 aromatic carbocycles. The first-order valence-corrected chi connectivity index (χ1v) is 9.10. The number of nitrogens with zero attached hydrogens (tertiary/aromatic N) is 1. The third kappa shape index (κ3) is 4.84. The minimum Gasteiger partial charge on any atom is -0.462 e. The molecule has 142 valence electrons. The van der Waals surface area contributed by atoms with Crippen molar-refractivity contribution in [3.8, 4) is 0 Å². The van der Waals surface area contributed by atoms with Gasteiger partial charge in [0.15, 0.2) is 0 Å². The molecular formula is C20H28N2O4. The molecule has 1 heterocycles. The van der Waals surface area contributed by atoms with E-state index in [-0.39, 0.29) is 24.3 Å². The number of esters is 1. The monoisotopic (exact) mass is 360 g/mol. The summed E-state index contributed by atoms with van der Waals surface area (Å²) in [5.74, 6) is -0.628. The summed E-state index contributed by atoms with van der Waals surface area (Å²) >= 11 is 0. The van der Waals surface area contributed by atoms with E-state index in [1.54, 1.807) is 31.2 Å². The number of amides is 2. The predicted molar refractivity (Wildman–Crippen MR) is 99.8 cm³/mol. The van der Waals surface area contributed by atoms with Crippen LogP contribution in [0.5, 0.6) is 0 Å². The van der Waals surface area contributed by atoms with Gasteiger partial charge in [-0.1, -0.05) is 32.9 Å². The number of benzene rings is 1. The molecule has 2 rings (SSSR count). The van der Waals surface area contributed by atoms with Crippen molar-refractivity contribution in [1.82, 2.24) is 4.90 Å². The Kier molecular flexibility index (Phi) is 6.40. The second-order valence-corrected chi connectivity index (χ2v) is 7.57. The Balaban J connectivity index is 1.98. The van der Waals surface area contributed by atoms with Crippen molar-refractivity contribution in [2.45, 2.75) is 40.5 Å². The second kappa shape index (κ2) is 8.34. The third-order valence-electron chi connectivity index (χ3n) is 4.47. The summed E-state index contributed by atoms with van der Waals surface area (Å²) in [5, 5.41) is 2.85. The molecule has 2 amide bonds. The van der Waals surface area contributed by atoms with Crippen LogP contribution in [0.1, 0.15) is 50.9 Å². The number of hydrogen-bond acceptors (Lipinski definition) is 4. The molecule has 1 N–H and O–H groups in total. The number of hydrogen-bond donors (Lipinski definition) is 1. The van der Waals surface area contributed by atoms with Gasteiger partial charge in [-0.3, -0.25) is 9.59 Å².